The first kappa shape index (κ1) is 18.4. The van der Waals surface area contributed by atoms with Gasteiger partial charge in [0.1, 0.15) is 11.3 Å². The van der Waals surface area contributed by atoms with Crippen molar-refractivity contribution in [3.05, 3.63) is 52.8 Å². The minimum Gasteiger partial charge on any atom is -0.490 e. The van der Waals surface area contributed by atoms with Crippen LogP contribution in [0, 0.1) is 17.5 Å². The lowest BCUT2D eigenvalue weighted by Gasteiger charge is -2.15. The molecule has 10 heteroatoms. The summed E-state index contributed by atoms with van der Waals surface area (Å²) in [4.78, 5) is 11.1. The van der Waals surface area contributed by atoms with Crippen LogP contribution in [0.2, 0.25) is 0 Å². The first-order valence-corrected chi connectivity index (χ1v) is 6.40. The highest BCUT2D eigenvalue weighted by molar-refractivity contribution is 5.91. The molecular formula is C15H8F6O4. The lowest BCUT2D eigenvalue weighted by atomic mass is 10.1. The summed E-state index contributed by atoms with van der Waals surface area (Å²) >= 11 is 0. The highest BCUT2D eigenvalue weighted by Gasteiger charge is 2.37. The van der Waals surface area contributed by atoms with E-state index in [-0.39, 0.29) is 6.07 Å². The van der Waals surface area contributed by atoms with E-state index in [0.717, 1.165) is 13.2 Å². The average Bonchev–Trinajstić information content (AvgIpc) is 2.49. The predicted octanol–water partition coefficient (Wildman–Crippen LogP) is 4.62. The molecule has 0 radical (unpaired) electrons. The largest absolute Gasteiger partial charge is 0.490 e. The normalized spacial score (nSPS) is 11.3. The highest BCUT2D eigenvalue weighted by Crippen LogP contribution is 2.40. The SMILES string of the molecule is COc1c(Oc2ccc(C(F)(F)F)c(F)c2C(=O)O)ccc(F)c1F. The third kappa shape index (κ3) is 3.47. The number of aromatic carboxylic acids is 1. The molecule has 1 N–H and O–H groups in total. The van der Waals surface area contributed by atoms with Gasteiger partial charge in [-0.05, 0) is 24.3 Å². The molecule has 2 aromatic rings. The molecule has 0 saturated heterocycles. The summed E-state index contributed by atoms with van der Waals surface area (Å²) in [5, 5.41) is 8.99. The lowest BCUT2D eigenvalue weighted by Crippen LogP contribution is -2.13. The zero-order valence-corrected chi connectivity index (χ0v) is 12.2. The number of carboxylic acid groups (broad SMARTS) is 1. The zero-order chi connectivity index (χ0) is 18.9. The molecule has 2 rings (SSSR count). The van der Waals surface area contributed by atoms with Gasteiger partial charge in [0.25, 0.3) is 0 Å². The van der Waals surface area contributed by atoms with Gasteiger partial charge in [-0.25, -0.2) is 13.6 Å². The van der Waals surface area contributed by atoms with Crippen molar-refractivity contribution in [3.63, 3.8) is 0 Å². The average molecular weight is 366 g/mol. The van der Waals surface area contributed by atoms with Crippen molar-refractivity contribution >= 4 is 5.97 Å². The summed E-state index contributed by atoms with van der Waals surface area (Å²) in [6.45, 7) is 0. The fourth-order valence-electron chi connectivity index (χ4n) is 1.96. The molecular weight excluding hydrogens is 358 g/mol. The van der Waals surface area contributed by atoms with E-state index in [1.54, 1.807) is 0 Å². The van der Waals surface area contributed by atoms with Gasteiger partial charge in [0.15, 0.2) is 17.4 Å². The second-order valence-electron chi connectivity index (χ2n) is 4.60. The van der Waals surface area contributed by atoms with Gasteiger partial charge >= 0.3 is 12.1 Å². The van der Waals surface area contributed by atoms with Gasteiger partial charge < -0.3 is 14.6 Å². The van der Waals surface area contributed by atoms with Gasteiger partial charge in [-0.2, -0.15) is 17.6 Å². The standard InChI is InChI=1S/C15H8F6O4/c1-24-13-9(5-3-7(16)12(13)18)25-8-4-2-6(15(19,20)21)11(17)10(8)14(22)23/h2-5H,1H3,(H,22,23). The van der Waals surface area contributed by atoms with Crippen molar-refractivity contribution in [2.45, 2.75) is 6.18 Å². The maximum atomic E-state index is 14.0. The van der Waals surface area contributed by atoms with E-state index in [1.807, 2.05) is 0 Å². The molecule has 0 atom stereocenters. The fraction of sp³-hybridized carbons (Fsp3) is 0.133. The molecule has 134 valence electrons. The molecule has 25 heavy (non-hydrogen) atoms. The Bertz CT molecular complexity index is 832. The molecule has 0 heterocycles. The smallest absolute Gasteiger partial charge is 0.419 e. The van der Waals surface area contributed by atoms with Crippen molar-refractivity contribution in [2.24, 2.45) is 0 Å². The van der Waals surface area contributed by atoms with Gasteiger partial charge in [-0.3, -0.25) is 0 Å². The van der Waals surface area contributed by atoms with Crippen molar-refractivity contribution in [2.75, 3.05) is 7.11 Å². The molecule has 0 unspecified atom stereocenters. The van der Waals surface area contributed by atoms with Crippen LogP contribution in [-0.2, 0) is 6.18 Å². The van der Waals surface area contributed by atoms with Crippen LogP contribution in [0.15, 0.2) is 24.3 Å². The summed E-state index contributed by atoms with van der Waals surface area (Å²) in [6.07, 6.45) is -5.13. The molecule has 0 aliphatic heterocycles. The summed E-state index contributed by atoms with van der Waals surface area (Å²) in [5.41, 5.74) is -3.23. The van der Waals surface area contributed by atoms with Gasteiger partial charge in [0.05, 0.1) is 12.7 Å². The number of alkyl halides is 3. The molecule has 0 aliphatic carbocycles. The van der Waals surface area contributed by atoms with Crippen LogP contribution >= 0.6 is 0 Å². The van der Waals surface area contributed by atoms with Gasteiger partial charge in [-0.1, -0.05) is 0 Å². The van der Waals surface area contributed by atoms with Gasteiger partial charge in [0, 0.05) is 0 Å². The summed E-state index contributed by atoms with van der Waals surface area (Å²) in [5.74, 6) is -9.05. The number of carbonyl (C=O) groups is 1. The van der Waals surface area contributed by atoms with Crippen LogP contribution in [-0.4, -0.2) is 18.2 Å². The molecule has 0 aliphatic rings. The minimum atomic E-state index is -5.13. The van der Waals surface area contributed by atoms with Crippen LogP contribution in [0.4, 0.5) is 26.3 Å². The van der Waals surface area contributed by atoms with E-state index < -0.39 is 58.0 Å². The third-order valence-electron chi connectivity index (χ3n) is 3.06. The Morgan fingerprint density at radius 2 is 1.60 bits per heavy atom. The van der Waals surface area contributed by atoms with Crippen LogP contribution in [0.3, 0.4) is 0 Å². The topological polar surface area (TPSA) is 55.8 Å². The van der Waals surface area contributed by atoms with E-state index >= 15 is 0 Å². The Hall–Kier alpha value is -2.91. The summed E-state index contributed by atoms with van der Waals surface area (Å²) in [7, 11) is 0.955. The molecule has 0 spiro atoms. The van der Waals surface area contributed by atoms with Crippen LogP contribution in [0.25, 0.3) is 0 Å². The van der Waals surface area contributed by atoms with Crippen molar-refractivity contribution in [1.29, 1.82) is 0 Å². The van der Waals surface area contributed by atoms with Crippen LogP contribution in [0.1, 0.15) is 15.9 Å². The number of hydrogen-bond donors (Lipinski definition) is 1. The first-order valence-electron chi connectivity index (χ1n) is 6.40. The number of halogens is 6. The maximum absolute atomic E-state index is 14.0. The molecule has 0 fully saturated rings. The fourth-order valence-corrected chi connectivity index (χ4v) is 1.96. The molecule has 0 saturated carbocycles. The first-order chi connectivity index (χ1) is 11.6. The molecule has 0 bridgehead atoms. The van der Waals surface area contributed by atoms with E-state index in [2.05, 4.69) is 4.74 Å². The monoisotopic (exact) mass is 366 g/mol. The number of methoxy groups -OCH3 is 1. The molecule has 0 amide bonds. The van der Waals surface area contributed by atoms with E-state index in [9.17, 15) is 31.1 Å². The number of benzene rings is 2. The number of carboxylic acids is 1. The quantitative estimate of drug-likeness (QED) is 0.803. The second-order valence-corrected chi connectivity index (χ2v) is 4.60. The van der Waals surface area contributed by atoms with Crippen molar-refractivity contribution < 1.29 is 45.7 Å². The van der Waals surface area contributed by atoms with Crippen LogP contribution < -0.4 is 9.47 Å². The molecule has 0 aromatic heterocycles. The van der Waals surface area contributed by atoms with E-state index in [0.29, 0.717) is 12.1 Å². The van der Waals surface area contributed by atoms with E-state index in [4.69, 9.17) is 9.84 Å². The van der Waals surface area contributed by atoms with Gasteiger partial charge in [0.2, 0.25) is 11.6 Å². The molecule has 4 nitrogen and oxygen atoms in total. The predicted molar refractivity (Wildman–Crippen MR) is 71.3 cm³/mol. The zero-order valence-electron chi connectivity index (χ0n) is 12.2. The van der Waals surface area contributed by atoms with Crippen LogP contribution in [0.5, 0.6) is 17.2 Å². The van der Waals surface area contributed by atoms with E-state index in [1.165, 1.54) is 0 Å². The number of rotatable bonds is 4. The maximum Gasteiger partial charge on any atom is 0.419 e. The Labute approximate surface area is 136 Å². The van der Waals surface area contributed by atoms with Crippen molar-refractivity contribution in [3.8, 4) is 17.2 Å². The Kier molecular flexibility index (Phi) is 4.82. The summed E-state index contributed by atoms with van der Waals surface area (Å²) < 4.78 is 88.3. The Morgan fingerprint density at radius 3 is 2.12 bits per heavy atom. The third-order valence-corrected chi connectivity index (χ3v) is 3.06. The van der Waals surface area contributed by atoms with Gasteiger partial charge in [-0.15, -0.1) is 0 Å². The van der Waals surface area contributed by atoms with Crippen molar-refractivity contribution in [1.82, 2.24) is 0 Å². The Balaban J connectivity index is 2.60. The highest BCUT2D eigenvalue weighted by atomic mass is 19.4. The number of ether oxygens (including phenoxy) is 2. The second kappa shape index (κ2) is 6.54. The Morgan fingerprint density at radius 1 is 1.00 bits per heavy atom. The number of hydrogen-bond acceptors (Lipinski definition) is 3. The summed E-state index contributed by atoms with van der Waals surface area (Å²) in [6, 6.07) is 2.28. The lowest BCUT2D eigenvalue weighted by molar-refractivity contribution is -0.140. The molecule has 2 aromatic carbocycles. The minimum absolute atomic E-state index is 0.267.